The van der Waals surface area contributed by atoms with Crippen molar-refractivity contribution in [3.05, 3.63) is 29.8 Å². The lowest BCUT2D eigenvalue weighted by Crippen LogP contribution is -2.48. The Morgan fingerprint density at radius 1 is 1.07 bits per heavy atom. The number of nitrogens with one attached hydrogen (secondary N) is 3. The molecule has 2 bridgehead atoms. The normalized spacial score (nSPS) is 18.9. The zero-order valence-electron chi connectivity index (χ0n) is 18.1. The molecule has 8 heteroatoms. The maximum atomic E-state index is 12.3. The van der Waals surface area contributed by atoms with E-state index in [9.17, 15) is 14.4 Å². The number of amides is 3. The average Bonchev–Trinajstić information content (AvgIpc) is 2.77. The second-order valence-corrected chi connectivity index (χ2v) is 5.95. The van der Waals surface area contributed by atoms with Gasteiger partial charge in [0.1, 0.15) is 11.8 Å². The van der Waals surface area contributed by atoms with Crippen molar-refractivity contribution in [2.45, 2.75) is 59.4 Å². The summed E-state index contributed by atoms with van der Waals surface area (Å²) in [5, 5.41) is 14.1. The van der Waals surface area contributed by atoms with Crippen LogP contribution in [-0.4, -0.2) is 42.6 Å². The first-order chi connectivity index (χ1) is 14.0. The molecule has 0 aliphatic carbocycles. The third-order valence-corrected chi connectivity index (χ3v) is 4.14. The fourth-order valence-electron chi connectivity index (χ4n) is 2.75. The zero-order valence-corrected chi connectivity index (χ0v) is 18.1. The maximum Gasteiger partial charge on any atom is 0.246 e. The van der Waals surface area contributed by atoms with Crippen LogP contribution in [0.1, 0.15) is 52.5 Å². The van der Waals surface area contributed by atoms with Gasteiger partial charge in [0.2, 0.25) is 17.7 Å². The molecule has 0 saturated heterocycles. The highest BCUT2D eigenvalue weighted by molar-refractivity contribution is 5.90. The van der Waals surface area contributed by atoms with Gasteiger partial charge >= 0.3 is 0 Å². The standard InChI is InChI=1S/C17H23N3O5.2C2H6/c1-18-17(23)14-9-11-4-6-13(7-5-11)25-8-2-3-12(16(22)20-24)10-15(21)19-14;2*1-2/h4-7,12,14,24H,2-3,8-10H2,1H3,(H,18,23)(H,19,21)(H,20,22);2*1-2H3. The summed E-state index contributed by atoms with van der Waals surface area (Å²) in [7, 11) is 1.50. The predicted octanol–water partition coefficient (Wildman–Crippen LogP) is 2.20. The van der Waals surface area contributed by atoms with Gasteiger partial charge in [0.25, 0.3) is 0 Å². The van der Waals surface area contributed by atoms with Gasteiger partial charge in [0.05, 0.1) is 6.61 Å². The van der Waals surface area contributed by atoms with Gasteiger partial charge in [-0.2, -0.15) is 0 Å². The van der Waals surface area contributed by atoms with Crippen molar-refractivity contribution in [2.24, 2.45) is 5.92 Å². The van der Waals surface area contributed by atoms with Gasteiger partial charge in [0.15, 0.2) is 0 Å². The van der Waals surface area contributed by atoms with E-state index in [4.69, 9.17) is 9.94 Å². The summed E-state index contributed by atoms with van der Waals surface area (Å²) in [6, 6.07) is 6.57. The van der Waals surface area contributed by atoms with E-state index in [0.29, 0.717) is 31.6 Å². The van der Waals surface area contributed by atoms with Crippen molar-refractivity contribution in [1.29, 1.82) is 0 Å². The molecule has 2 atom stereocenters. The van der Waals surface area contributed by atoms with Gasteiger partial charge in [-0.25, -0.2) is 5.48 Å². The lowest BCUT2D eigenvalue weighted by molar-refractivity contribution is -0.137. The molecule has 2 heterocycles. The molecule has 2 aliphatic heterocycles. The number of carbonyl (C=O) groups is 3. The molecule has 8 nitrogen and oxygen atoms in total. The molecule has 0 radical (unpaired) electrons. The van der Waals surface area contributed by atoms with Crippen LogP contribution in [0, 0.1) is 5.92 Å². The second kappa shape index (κ2) is 15.3. The summed E-state index contributed by atoms with van der Waals surface area (Å²) in [5.74, 6) is -1.35. The van der Waals surface area contributed by atoms with E-state index in [1.807, 2.05) is 52.0 Å². The first kappa shape index (κ1) is 26.4. The lowest BCUT2D eigenvalue weighted by atomic mass is 9.97. The number of benzene rings is 1. The minimum absolute atomic E-state index is 0.114. The number of carbonyl (C=O) groups excluding carboxylic acids is 3. The predicted molar refractivity (Wildman–Crippen MR) is 112 cm³/mol. The fraction of sp³-hybridized carbons (Fsp3) is 0.571. The van der Waals surface area contributed by atoms with E-state index in [-0.39, 0.29) is 12.3 Å². The molecule has 2 unspecified atom stereocenters. The summed E-state index contributed by atoms with van der Waals surface area (Å²) in [6.45, 7) is 8.40. The molecule has 164 valence electrons. The Labute approximate surface area is 173 Å². The second-order valence-electron chi connectivity index (χ2n) is 5.95. The molecule has 3 rings (SSSR count). The van der Waals surface area contributed by atoms with E-state index in [2.05, 4.69) is 10.6 Å². The number of fused-ring (bicyclic) bond motifs is 11. The van der Waals surface area contributed by atoms with Crippen molar-refractivity contribution in [1.82, 2.24) is 16.1 Å². The van der Waals surface area contributed by atoms with Crippen LogP contribution >= 0.6 is 0 Å². The summed E-state index contributed by atoms with van der Waals surface area (Å²) in [4.78, 5) is 36.1. The maximum absolute atomic E-state index is 12.3. The first-order valence-corrected chi connectivity index (χ1v) is 10.2. The van der Waals surface area contributed by atoms with E-state index in [1.165, 1.54) is 7.05 Å². The summed E-state index contributed by atoms with van der Waals surface area (Å²) >= 11 is 0. The van der Waals surface area contributed by atoms with Crippen LogP contribution in [0.2, 0.25) is 0 Å². The quantitative estimate of drug-likeness (QED) is 0.441. The van der Waals surface area contributed by atoms with Gasteiger partial charge in [-0.1, -0.05) is 39.8 Å². The topological polar surface area (TPSA) is 117 Å². The Hall–Kier alpha value is -2.61. The Bertz CT molecular complexity index is 619. The fourth-order valence-corrected chi connectivity index (χ4v) is 2.75. The number of hydrogen-bond donors (Lipinski definition) is 4. The third kappa shape index (κ3) is 9.43. The van der Waals surface area contributed by atoms with Gasteiger partial charge in [-0.05, 0) is 30.5 Å². The molecule has 4 N–H and O–H groups in total. The van der Waals surface area contributed by atoms with Gasteiger partial charge < -0.3 is 15.4 Å². The van der Waals surface area contributed by atoms with Crippen molar-refractivity contribution in [3.8, 4) is 5.75 Å². The number of likely N-dealkylation sites (N-methyl/N-ethyl adjacent to an activating group) is 1. The van der Waals surface area contributed by atoms with Crippen LogP contribution in [0.3, 0.4) is 0 Å². The summed E-state index contributed by atoms with van der Waals surface area (Å²) in [6.07, 6.45) is 1.13. The number of hydrogen-bond acceptors (Lipinski definition) is 5. The number of rotatable bonds is 2. The highest BCUT2D eigenvalue weighted by atomic mass is 16.5. The summed E-state index contributed by atoms with van der Waals surface area (Å²) in [5.41, 5.74) is 2.47. The van der Waals surface area contributed by atoms with E-state index < -0.39 is 23.8 Å². The van der Waals surface area contributed by atoms with E-state index in [0.717, 1.165) is 5.56 Å². The van der Waals surface area contributed by atoms with Crippen LogP contribution in [0.4, 0.5) is 0 Å². The highest BCUT2D eigenvalue weighted by Crippen LogP contribution is 2.17. The van der Waals surface area contributed by atoms with E-state index >= 15 is 0 Å². The van der Waals surface area contributed by atoms with Crippen LogP contribution < -0.4 is 20.9 Å². The Balaban J connectivity index is 0.00000184. The first-order valence-electron chi connectivity index (χ1n) is 10.2. The van der Waals surface area contributed by atoms with Gasteiger partial charge in [0, 0.05) is 25.8 Å². The van der Waals surface area contributed by atoms with E-state index in [1.54, 1.807) is 5.48 Å². The number of ether oxygens (including phenoxy) is 1. The molecule has 0 spiro atoms. The molecule has 0 fully saturated rings. The highest BCUT2D eigenvalue weighted by Gasteiger charge is 2.25. The Kier molecular flexibility index (Phi) is 13.9. The minimum atomic E-state index is -0.745. The molecule has 2 aliphatic rings. The van der Waals surface area contributed by atoms with Crippen LogP contribution in [0.5, 0.6) is 5.75 Å². The monoisotopic (exact) mass is 409 g/mol. The minimum Gasteiger partial charge on any atom is -0.494 e. The van der Waals surface area contributed by atoms with Crippen LogP contribution in [0.25, 0.3) is 0 Å². The molecule has 0 saturated carbocycles. The largest absolute Gasteiger partial charge is 0.494 e. The molecule has 1 aromatic carbocycles. The molecule has 29 heavy (non-hydrogen) atoms. The van der Waals surface area contributed by atoms with Crippen molar-refractivity contribution >= 4 is 17.7 Å². The molecular weight excluding hydrogens is 374 g/mol. The van der Waals surface area contributed by atoms with Crippen molar-refractivity contribution < 1.29 is 24.3 Å². The van der Waals surface area contributed by atoms with Crippen LogP contribution in [0.15, 0.2) is 24.3 Å². The lowest BCUT2D eigenvalue weighted by Gasteiger charge is -2.20. The molecule has 3 amide bonds. The van der Waals surface area contributed by atoms with Crippen molar-refractivity contribution in [2.75, 3.05) is 13.7 Å². The van der Waals surface area contributed by atoms with Gasteiger partial charge in [-0.3, -0.25) is 19.6 Å². The summed E-state index contributed by atoms with van der Waals surface area (Å²) < 4.78 is 5.61. The van der Waals surface area contributed by atoms with Crippen molar-refractivity contribution in [3.63, 3.8) is 0 Å². The Morgan fingerprint density at radius 3 is 2.24 bits per heavy atom. The van der Waals surface area contributed by atoms with Gasteiger partial charge in [-0.15, -0.1) is 0 Å². The smallest absolute Gasteiger partial charge is 0.246 e. The third-order valence-electron chi connectivity index (χ3n) is 4.14. The molecular formula is C21H35N3O5. The SMILES string of the molecule is CC.CC.CNC(=O)C1Cc2ccc(cc2)OCCCC(C(=O)NO)CC(=O)N1. The molecule has 1 aromatic rings. The zero-order chi connectivity index (χ0) is 22.2. The molecule has 0 aromatic heterocycles. The van der Waals surface area contributed by atoms with Crippen LogP contribution in [-0.2, 0) is 20.8 Å². The number of hydroxylamine groups is 1. The average molecular weight is 410 g/mol. The Morgan fingerprint density at radius 2 is 1.69 bits per heavy atom.